The molecule has 0 fully saturated rings. The number of rotatable bonds is 6. The molecular formula is C23H23Cl2F3N2O2. The predicted octanol–water partition coefficient (Wildman–Crippen LogP) is 6.56. The molecule has 0 radical (unpaired) electrons. The third-order valence-electron chi connectivity index (χ3n) is 5.45. The summed E-state index contributed by atoms with van der Waals surface area (Å²) in [6.07, 6.45) is -2.98. The van der Waals surface area contributed by atoms with Crippen LogP contribution in [-0.2, 0) is 10.4 Å². The minimum absolute atomic E-state index is 0.0651. The monoisotopic (exact) mass is 486 g/mol. The minimum atomic E-state index is -4.80. The summed E-state index contributed by atoms with van der Waals surface area (Å²) in [6.45, 7) is 5.67. The molecule has 1 unspecified atom stereocenters. The van der Waals surface area contributed by atoms with E-state index < -0.39 is 11.8 Å². The van der Waals surface area contributed by atoms with E-state index >= 15 is 0 Å². The summed E-state index contributed by atoms with van der Waals surface area (Å²) in [5.41, 5.74) is 1.09. The van der Waals surface area contributed by atoms with Crippen molar-refractivity contribution in [2.24, 2.45) is 0 Å². The Bertz CT molecular complexity index is 1050. The van der Waals surface area contributed by atoms with Crippen LogP contribution >= 0.6 is 23.2 Å². The molecule has 1 heterocycles. The fourth-order valence-electron chi connectivity index (χ4n) is 3.75. The fourth-order valence-corrected chi connectivity index (χ4v) is 4.27. The highest BCUT2D eigenvalue weighted by Crippen LogP contribution is 2.52. The maximum atomic E-state index is 14.4. The number of hydrogen-bond donors (Lipinski definition) is 2. The lowest BCUT2D eigenvalue weighted by atomic mass is 9.84. The van der Waals surface area contributed by atoms with Crippen molar-refractivity contribution in [2.75, 3.05) is 6.54 Å². The molecule has 0 saturated heterocycles. The molecule has 172 valence electrons. The Balaban J connectivity index is 2.04. The molecular weight excluding hydrogens is 464 g/mol. The lowest BCUT2D eigenvalue weighted by Gasteiger charge is -2.31. The Morgan fingerprint density at radius 1 is 1.12 bits per heavy atom. The van der Waals surface area contributed by atoms with Gasteiger partial charge in [0.25, 0.3) is 5.91 Å². The average Bonchev–Trinajstić information content (AvgIpc) is 3.05. The SMILES string of the molecule is CCCCNC(=O)c1ccc(C2=C(C)C(c3cc(Cl)cc(Cl)c3)(C(F)(F)F)ON2)cc1C. The standard InChI is InChI=1S/C23H23Cl2F3N2O2/c1-4-5-8-29-21(31)19-7-6-15(9-13(19)2)20-14(3)22(32-30-20,23(26,27)28)16-10-17(24)12-18(25)11-16/h6-7,9-12,30H,4-5,8H2,1-3H3,(H,29,31). The third-order valence-corrected chi connectivity index (χ3v) is 5.89. The van der Waals surface area contributed by atoms with Crippen molar-refractivity contribution in [3.05, 3.63) is 74.3 Å². The number of hydroxylamine groups is 1. The van der Waals surface area contributed by atoms with Gasteiger partial charge in [-0.1, -0.05) is 42.6 Å². The van der Waals surface area contributed by atoms with E-state index in [9.17, 15) is 18.0 Å². The number of benzene rings is 2. The van der Waals surface area contributed by atoms with E-state index in [0.29, 0.717) is 23.2 Å². The summed E-state index contributed by atoms with van der Waals surface area (Å²) in [6, 6.07) is 8.56. The molecule has 32 heavy (non-hydrogen) atoms. The molecule has 1 atom stereocenters. The van der Waals surface area contributed by atoms with Crippen molar-refractivity contribution in [1.29, 1.82) is 0 Å². The second-order valence-corrected chi connectivity index (χ2v) is 8.55. The first-order valence-electron chi connectivity index (χ1n) is 10.1. The summed E-state index contributed by atoms with van der Waals surface area (Å²) < 4.78 is 43.1. The molecule has 1 amide bonds. The van der Waals surface area contributed by atoms with Crippen molar-refractivity contribution in [3.8, 4) is 0 Å². The number of carbonyl (C=O) groups excluding carboxylic acids is 1. The van der Waals surface area contributed by atoms with Gasteiger partial charge in [-0.2, -0.15) is 13.2 Å². The summed E-state index contributed by atoms with van der Waals surface area (Å²) in [5.74, 6) is -0.220. The highest BCUT2D eigenvalue weighted by molar-refractivity contribution is 6.34. The van der Waals surface area contributed by atoms with E-state index in [0.717, 1.165) is 12.8 Å². The van der Waals surface area contributed by atoms with E-state index in [2.05, 4.69) is 10.8 Å². The molecule has 2 aromatic carbocycles. The summed E-state index contributed by atoms with van der Waals surface area (Å²) in [4.78, 5) is 17.6. The van der Waals surface area contributed by atoms with Crippen LogP contribution in [0.5, 0.6) is 0 Å². The van der Waals surface area contributed by atoms with Gasteiger partial charge in [0.1, 0.15) is 0 Å². The number of unbranched alkanes of at least 4 members (excludes halogenated alkanes) is 1. The lowest BCUT2D eigenvalue weighted by molar-refractivity contribution is -0.273. The number of halogens is 5. The number of nitrogens with one attached hydrogen (secondary N) is 2. The first-order chi connectivity index (χ1) is 15.0. The van der Waals surface area contributed by atoms with Crippen LogP contribution in [0.2, 0.25) is 10.0 Å². The third kappa shape index (κ3) is 4.47. The smallest absolute Gasteiger partial charge is 0.352 e. The molecule has 0 spiro atoms. The van der Waals surface area contributed by atoms with Crippen LogP contribution in [0.15, 0.2) is 42.0 Å². The Morgan fingerprint density at radius 2 is 1.78 bits per heavy atom. The minimum Gasteiger partial charge on any atom is -0.352 e. The summed E-state index contributed by atoms with van der Waals surface area (Å²) in [7, 11) is 0. The van der Waals surface area contributed by atoms with Gasteiger partial charge >= 0.3 is 6.18 Å². The second-order valence-electron chi connectivity index (χ2n) is 7.68. The van der Waals surface area contributed by atoms with Gasteiger partial charge in [0, 0.05) is 38.9 Å². The van der Waals surface area contributed by atoms with Gasteiger partial charge in [-0.25, -0.2) is 0 Å². The molecule has 4 nitrogen and oxygen atoms in total. The van der Waals surface area contributed by atoms with Crippen molar-refractivity contribution < 1.29 is 22.8 Å². The normalized spacial score (nSPS) is 18.6. The van der Waals surface area contributed by atoms with Gasteiger partial charge in [-0.15, -0.1) is 0 Å². The molecule has 0 saturated carbocycles. The highest BCUT2D eigenvalue weighted by Gasteiger charge is 2.63. The number of alkyl halides is 3. The summed E-state index contributed by atoms with van der Waals surface area (Å²) >= 11 is 11.9. The molecule has 3 rings (SSSR count). The zero-order chi connectivity index (χ0) is 23.7. The van der Waals surface area contributed by atoms with E-state index in [4.69, 9.17) is 28.0 Å². The van der Waals surface area contributed by atoms with Crippen LogP contribution in [0.3, 0.4) is 0 Å². The predicted molar refractivity (Wildman–Crippen MR) is 119 cm³/mol. The number of hydrogen-bond acceptors (Lipinski definition) is 3. The molecule has 0 aromatic heterocycles. The van der Waals surface area contributed by atoms with Gasteiger partial charge in [0.2, 0.25) is 5.60 Å². The van der Waals surface area contributed by atoms with Gasteiger partial charge in [-0.05, 0) is 56.2 Å². The second kappa shape index (κ2) is 9.33. The van der Waals surface area contributed by atoms with Gasteiger partial charge in [0.05, 0.1) is 5.70 Å². The number of amides is 1. The Labute approximate surface area is 194 Å². The van der Waals surface area contributed by atoms with Crippen LogP contribution in [0.1, 0.15) is 53.7 Å². The molecule has 1 aliphatic heterocycles. The lowest BCUT2D eigenvalue weighted by Crippen LogP contribution is -2.44. The first-order valence-corrected chi connectivity index (χ1v) is 10.8. The number of carbonyl (C=O) groups is 1. The fraction of sp³-hybridized carbons (Fsp3) is 0.348. The zero-order valence-corrected chi connectivity index (χ0v) is 19.3. The van der Waals surface area contributed by atoms with E-state index in [1.165, 1.54) is 25.1 Å². The quantitative estimate of drug-likeness (QED) is 0.454. The molecule has 2 aromatic rings. The van der Waals surface area contributed by atoms with Crippen LogP contribution < -0.4 is 10.8 Å². The van der Waals surface area contributed by atoms with Crippen molar-refractivity contribution >= 4 is 34.8 Å². The van der Waals surface area contributed by atoms with E-state index in [-0.39, 0.29) is 32.8 Å². The van der Waals surface area contributed by atoms with Crippen LogP contribution in [0.4, 0.5) is 13.2 Å². The van der Waals surface area contributed by atoms with Crippen LogP contribution in [0.25, 0.3) is 5.70 Å². The zero-order valence-electron chi connectivity index (χ0n) is 17.8. The van der Waals surface area contributed by atoms with Gasteiger partial charge < -0.3 is 5.32 Å². The Hall–Kier alpha value is -2.22. The van der Waals surface area contributed by atoms with Gasteiger partial charge in [-0.3, -0.25) is 15.1 Å². The Kier molecular flexibility index (Phi) is 7.12. The highest BCUT2D eigenvalue weighted by atomic mass is 35.5. The molecule has 9 heteroatoms. The van der Waals surface area contributed by atoms with Gasteiger partial charge in [0.15, 0.2) is 0 Å². The maximum Gasteiger partial charge on any atom is 0.428 e. The molecule has 0 bridgehead atoms. The van der Waals surface area contributed by atoms with E-state index in [1.807, 2.05) is 6.92 Å². The molecule has 2 N–H and O–H groups in total. The summed E-state index contributed by atoms with van der Waals surface area (Å²) in [5, 5.41) is 2.97. The van der Waals surface area contributed by atoms with Crippen molar-refractivity contribution in [3.63, 3.8) is 0 Å². The van der Waals surface area contributed by atoms with Crippen molar-refractivity contribution in [1.82, 2.24) is 10.8 Å². The molecule has 1 aliphatic rings. The van der Waals surface area contributed by atoms with Crippen molar-refractivity contribution in [2.45, 2.75) is 45.4 Å². The first kappa shape index (κ1) is 24.4. The number of aryl methyl sites for hydroxylation is 1. The Morgan fingerprint density at radius 3 is 2.34 bits per heavy atom. The van der Waals surface area contributed by atoms with Crippen LogP contribution in [-0.4, -0.2) is 18.6 Å². The topological polar surface area (TPSA) is 50.4 Å². The molecule has 0 aliphatic carbocycles. The maximum absolute atomic E-state index is 14.4. The van der Waals surface area contributed by atoms with E-state index in [1.54, 1.807) is 25.1 Å². The van der Waals surface area contributed by atoms with Crippen LogP contribution in [0, 0.1) is 6.92 Å². The largest absolute Gasteiger partial charge is 0.428 e. The average molecular weight is 487 g/mol.